The molecule has 2 aromatic heterocycles. The van der Waals surface area contributed by atoms with E-state index < -0.39 is 0 Å². The molecule has 0 amide bonds. The van der Waals surface area contributed by atoms with Gasteiger partial charge >= 0.3 is 0 Å². The van der Waals surface area contributed by atoms with Crippen LogP contribution in [0.25, 0.3) is 5.65 Å². The lowest BCUT2D eigenvalue weighted by atomic mass is 10.0. The maximum absolute atomic E-state index is 12.8. The molecule has 6 heteroatoms. The van der Waals surface area contributed by atoms with Crippen LogP contribution in [0.1, 0.15) is 19.5 Å². The quantitative estimate of drug-likeness (QED) is 0.656. The van der Waals surface area contributed by atoms with Crippen LogP contribution in [0.15, 0.2) is 58.0 Å². The fourth-order valence-corrected chi connectivity index (χ4v) is 4.06. The third kappa shape index (κ3) is 3.40. The van der Waals surface area contributed by atoms with E-state index in [1.165, 1.54) is 0 Å². The largest absolute Gasteiger partial charge is 0.370 e. The van der Waals surface area contributed by atoms with E-state index in [1.54, 1.807) is 17.5 Å². The summed E-state index contributed by atoms with van der Waals surface area (Å²) in [7, 11) is 1.71. The normalized spacial score (nSPS) is 22.8. The van der Waals surface area contributed by atoms with Crippen molar-refractivity contribution in [3.05, 3.63) is 64.2 Å². The van der Waals surface area contributed by atoms with E-state index in [9.17, 15) is 4.79 Å². The highest BCUT2D eigenvalue weighted by atomic mass is 16.1. The first-order valence-electron chi connectivity index (χ1n) is 9.76. The lowest BCUT2D eigenvalue weighted by Gasteiger charge is -2.20. The zero-order valence-electron chi connectivity index (χ0n) is 16.8. The highest BCUT2D eigenvalue weighted by Crippen LogP contribution is 2.30. The van der Waals surface area contributed by atoms with Gasteiger partial charge in [-0.05, 0) is 49.5 Å². The van der Waals surface area contributed by atoms with Crippen molar-refractivity contribution in [2.24, 2.45) is 16.8 Å². The molecule has 28 heavy (non-hydrogen) atoms. The molecule has 2 atom stereocenters. The Labute approximate surface area is 165 Å². The first kappa shape index (κ1) is 18.6. The summed E-state index contributed by atoms with van der Waals surface area (Å²) in [5, 5.41) is 3.46. The number of rotatable bonds is 4. The number of anilines is 1. The number of pyridine rings is 1. The average Bonchev–Trinajstić information content (AvgIpc) is 3.27. The average molecular weight is 377 g/mol. The van der Waals surface area contributed by atoms with Gasteiger partial charge in [-0.25, -0.2) is 4.98 Å². The molecule has 0 bridgehead atoms. The van der Waals surface area contributed by atoms with E-state index in [0.717, 1.165) is 43.0 Å². The first-order valence-corrected chi connectivity index (χ1v) is 9.76. The minimum Gasteiger partial charge on any atom is -0.370 e. The SMILES string of the molecule is C=C(C)/C(C)=C/C(=NC)c1cc(=O)n2cc(N3CC4CNC[C@H]4C3)ccc2n1. The Morgan fingerprint density at radius 1 is 1.29 bits per heavy atom. The molecule has 1 unspecified atom stereocenters. The molecule has 2 aromatic rings. The third-order valence-electron chi connectivity index (χ3n) is 5.93. The van der Waals surface area contributed by atoms with Gasteiger partial charge in [0.2, 0.25) is 0 Å². The molecule has 0 radical (unpaired) electrons. The Balaban J connectivity index is 1.68. The van der Waals surface area contributed by atoms with Crippen LogP contribution in [0.3, 0.4) is 0 Å². The smallest absolute Gasteiger partial charge is 0.258 e. The molecule has 1 N–H and O–H groups in total. The van der Waals surface area contributed by atoms with Crippen molar-refractivity contribution in [2.75, 3.05) is 38.1 Å². The molecule has 4 rings (SSSR count). The minimum absolute atomic E-state index is 0.0922. The van der Waals surface area contributed by atoms with Crippen LogP contribution in [0.4, 0.5) is 5.69 Å². The van der Waals surface area contributed by atoms with Crippen LogP contribution in [-0.4, -0.2) is 48.3 Å². The number of nitrogens with one attached hydrogen (secondary N) is 1. The van der Waals surface area contributed by atoms with Crippen molar-refractivity contribution in [3.63, 3.8) is 0 Å². The number of hydrogen-bond donors (Lipinski definition) is 1. The molecule has 4 heterocycles. The summed E-state index contributed by atoms with van der Waals surface area (Å²) in [5.41, 5.74) is 4.88. The molecule has 0 saturated carbocycles. The molecule has 0 aliphatic carbocycles. The number of nitrogens with zero attached hydrogens (tertiary/aromatic N) is 4. The van der Waals surface area contributed by atoms with Gasteiger partial charge < -0.3 is 10.2 Å². The van der Waals surface area contributed by atoms with Crippen LogP contribution in [0, 0.1) is 11.8 Å². The Morgan fingerprint density at radius 3 is 2.64 bits per heavy atom. The van der Waals surface area contributed by atoms with E-state index >= 15 is 0 Å². The van der Waals surface area contributed by atoms with Crippen LogP contribution in [0.2, 0.25) is 0 Å². The Morgan fingerprint density at radius 2 is 2.00 bits per heavy atom. The van der Waals surface area contributed by atoms with E-state index in [2.05, 4.69) is 32.8 Å². The fourth-order valence-electron chi connectivity index (χ4n) is 4.06. The first-order chi connectivity index (χ1) is 13.5. The minimum atomic E-state index is -0.0922. The van der Waals surface area contributed by atoms with Crippen molar-refractivity contribution in [3.8, 4) is 0 Å². The van der Waals surface area contributed by atoms with E-state index in [4.69, 9.17) is 0 Å². The molecule has 2 aliphatic heterocycles. The second-order valence-electron chi connectivity index (χ2n) is 7.90. The van der Waals surface area contributed by atoms with Gasteiger partial charge in [0.15, 0.2) is 0 Å². The van der Waals surface area contributed by atoms with Crippen molar-refractivity contribution in [2.45, 2.75) is 13.8 Å². The van der Waals surface area contributed by atoms with Gasteiger partial charge in [-0.2, -0.15) is 0 Å². The third-order valence-corrected chi connectivity index (χ3v) is 5.93. The van der Waals surface area contributed by atoms with E-state index in [0.29, 0.717) is 28.9 Å². The molecule has 2 fully saturated rings. The Bertz CT molecular complexity index is 1040. The topological polar surface area (TPSA) is 62.0 Å². The van der Waals surface area contributed by atoms with Gasteiger partial charge in [-0.3, -0.25) is 14.2 Å². The predicted octanol–water partition coefficient (Wildman–Crippen LogP) is 2.29. The highest BCUT2D eigenvalue weighted by molar-refractivity contribution is 6.08. The summed E-state index contributed by atoms with van der Waals surface area (Å²) in [4.78, 5) is 24.2. The van der Waals surface area contributed by atoms with Crippen molar-refractivity contribution in [1.82, 2.24) is 14.7 Å². The van der Waals surface area contributed by atoms with Crippen LogP contribution in [0.5, 0.6) is 0 Å². The number of hydrogen-bond acceptors (Lipinski definition) is 5. The molecular formula is C22H27N5O. The molecule has 0 spiro atoms. The lowest BCUT2D eigenvalue weighted by molar-refractivity contribution is 0.533. The fraction of sp³-hybridized carbons (Fsp3) is 0.409. The summed E-state index contributed by atoms with van der Waals surface area (Å²) < 4.78 is 1.63. The van der Waals surface area contributed by atoms with Gasteiger partial charge in [0.25, 0.3) is 5.56 Å². The van der Waals surface area contributed by atoms with E-state index in [-0.39, 0.29) is 5.56 Å². The van der Waals surface area contributed by atoms with Gasteiger partial charge in [-0.1, -0.05) is 12.2 Å². The van der Waals surface area contributed by atoms with Gasteiger partial charge in [0, 0.05) is 45.5 Å². The van der Waals surface area contributed by atoms with Crippen LogP contribution >= 0.6 is 0 Å². The summed E-state index contributed by atoms with van der Waals surface area (Å²) >= 11 is 0. The monoisotopic (exact) mass is 377 g/mol. The second kappa shape index (κ2) is 7.36. The molecule has 2 saturated heterocycles. The van der Waals surface area contributed by atoms with Crippen LogP contribution < -0.4 is 15.8 Å². The molecule has 2 aliphatic rings. The highest BCUT2D eigenvalue weighted by Gasteiger charge is 2.36. The molecule has 6 nitrogen and oxygen atoms in total. The maximum atomic E-state index is 12.8. The summed E-state index contributed by atoms with van der Waals surface area (Å²) in [6, 6.07) is 5.55. The predicted molar refractivity (Wildman–Crippen MR) is 115 cm³/mol. The number of aliphatic imine (C=N–C) groups is 1. The van der Waals surface area contributed by atoms with Gasteiger partial charge in [0.05, 0.1) is 17.1 Å². The number of allylic oxidation sites excluding steroid dienone is 3. The van der Waals surface area contributed by atoms with E-state index in [1.807, 2.05) is 32.2 Å². The van der Waals surface area contributed by atoms with Crippen molar-refractivity contribution >= 4 is 17.0 Å². The van der Waals surface area contributed by atoms with Gasteiger partial charge in [-0.15, -0.1) is 0 Å². The molecule has 146 valence electrons. The standard InChI is InChI=1S/C22H27N5O/c1-14(2)15(3)7-19(23-4)20-8-22(28)27-13-18(5-6-21(27)25-20)26-11-16-9-24-10-17(16)12-26/h5-8,13,16-17,24H,1,9-12H2,2-4H3/b15-7+,23-19?/t16-,17?/m0/s1. The number of fused-ring (bicyclic) bond motifs is 2. The van der Waals surface area contributed by atoms with Crippen LogP contribution in [-0.2, 0) is 0 Å². The molecule has 0 aromatic carbocycles. The lowest BCUT2D eigenvalue weighted by Crippen LogP contribution is -2.26. The molecular weight excluding hydrogens is 350 g/mol. The van der Waals surface area contributed by atoms with Crippen molar-refractivity contribution < 1.29 is 0 Å². The Kier molecular flexibility index (Phi) is 4.89. The zero-order valence-corrected chi connectivity index (χ0v) is 16.8. The summed E-state index contributed by atoms with van der Waals surface area (Å²) in [6.45, 7) is 12.2. The van der Waals surface area contributed by atoms with Gasteiger partial charge in [0.1, 0.15) is 5.65 Å². The van der Waals surface area contributed by atoms with Crippen molar-refractivity contribution in [1.29, 1.82) is 0 Å². The second-order valence-corrected chi connectivity index (χ2v) is 7.90. The zero-order chi connectivity index (χ0) is 19.8. The Hall–Kier alpha value is -2.73. The number of aromatic nitrogens is 2. The summed E-state index contributed by atoms with van der Waals surface area (Å²) in [6.07, 6.45) is 3.84. The maximum Gasteiger partial charge on any atom is 0.258 e. The summed E-state index contributed by atoms with van der Waals surface area (Å²) in [5.74, 6) is 1.42.